The predicted octanol–water partition coefficient (Wildman–Crippen LogP) is 0.493. The van der Waals surface area contributed by atoms with Crippen LogP contribution in [0.5, 0.6) is 0 Å². The van der Waals surface area contributed by atoms with Crippen LogP contribution in [0.3, 0.4) is 0 Å². The van der Waals surface area contributed by atoms with Gasteiger partial charge in [-0.15, -0.1) is 0 Å². The first-order valence-corrected chi connectivity index (χ1v) is 3.44. The van der Waals surface area contributed by atoms with Crippen LogP contribution in [0.15, 0.2) is 29.5 Å². The fourth-order valence-electron chi connectivity index (χ4n) is 0.677. The highest BCUT2D eigenvalue weighted by Crippen LogP contribution is 1.90. The number of hydrogen-bond acceptors (Lipinski definition) is 3. The number of nitrogens with zero attached hydrogens (tertiary/aromatic N) is 2. The van der Waals surface area contributed by atoms with Crippen molar-refractivity contribution in [1.82, 2.24) is 4.98 Å². The molecule has 58 valence electrons. The van der Waals surface area contributed by atoms with Crippen LogP contribution in [0.4, 0.5) is 0 Å². The Kier molecular flexibility index (Phi) is 3.28. The van der Waals surface area contributed by atoms with Gasteiger partial charge in [0.05, 0.1) is 13.2 Å². The number of aliphatic hydroxyl groups is 1. The van der Waals surface area contributed by atoms with Crippen molar-refractivity contribution in [2.24, 2.45) is 4.99 Å². The Morgan fingerprint density at radius 1 is 1.45 bits per heavy atom. The lowest BCUT2D eigenvalue weighted by molar-refractivity contribution is 0.307. The fourth-order valence-corrected chi connectivity index (χ4v) is 0.677. The van der Waals surface area contributed by atoms with Crippen LogP contribution in [0.1, 0.15) is 5.56 Å². The molecule has 0 saturated carbocycles. The first-order valence-electron chi connectivity index (χ1n) is 3.44. The first kappa shape index (κ1) is 7.88. The third-order valence-corrected chi connectivity index (χ3v) is 1.18. The number of pyridine rings is 1. The largest absolute Gasteiger partial charge is 0.394 e. The average molecular weight is 150 g/mol. The lowest BCUT2D eigenvalue weighted by Crippen LogP contribution is -1.88. The van der Waals surface area contributed by atoms with Crippen LogP contribution in [0.2, 0.25) is 0 Å². The maximum absolute atomic E-state index is 8.42. The van der Waals surface area contributed by atoms with Crippen molar-refractivity contribution < 1.29 is 5.11 Å². The SMILES string of the molecule is OCCN=Cc1ccncc1. The number of aliphatic hydroxyl groups excluding tert-OH is 1. The van der Waals surface area contributed by atoms with Crippen molar-refractivity contribution in [3.05, 3.63) is 30.1 Å². The van der Waals surface area contributed by atoms with Crippen molar-refractivity contribution in [2.45, 2.75) is 0 Å². The number of rotatable bonds is 3. The van der Waals surface area contributed by atoms with Gasteiger partial charge in [-0.3, -0.25) is 9.98 Å². The molecule has 0 saturated heterocycles. The van der Waals surface area contributed by atoms with E-state index in [1.807, 2.05) is 12.1 Å². The third-order valence-electron chi connectivity index (χ3n) is 1.18. The van der Waals surface area contributed by atoms with Crippen LogP contribution in [0.25, 0.3) is 0 Å². The van der Waals surface area contributed by atoms with E-state index in [4.69, 9.17) is 5.11 Å². The van der Waals surface area contributed by atoms with Gasteiger partial charge in [-0.25, -0.2) is 0 Å². The molecular formula is C8H10N2O. The normalized spacial score (nSPS) is 10.6. The van der Waals surface area contributed by atoms with E-state index < -0.39 is 0 Å². The van der Waals surface area contributed by atoms with E-state index in [9.17, 15) is 0 Å². The van der Waals surface area contributed by atoms with E-state index in [1.165, 1.54) is 0 Å². The minimum absolute atomic E-state index is 0.0988. The summed E-state index contributed by atoms with van der Waals surface area (Å²) in [6, 6.07) is 3.72. The molecule has 0 spiro atoms. The zero-order chi connectivity index (χ0) is 7.94. The highest BCUT2D eigenvalue weighted by atomic mass is 16.3. The maximum atomic E-state index is 8.42. The second-order valence-corrected chi connectivity index (χ2v) is 2.04. The summed E-state index contributed by atoms with van der Waals surface area (Å²) in [5, 5.41) is 8.42. The zero-order valence-electron chi connectivity index (χ0n) is 6.14. The van der Waals surface area contributed by atoms with Crippen molar-refractivity contribution in [3.8, 4) is 0 Å². The Morgan fingerprint density at radius 3 is 2.82 bits per heavy atom. The quantitative estimate of drug-likeness (QED) is 0.637. The number of aliphatic imine (C=N–C) groups is 1. The highest BCUT2D eigenvalue weighted by Gasteiger charge is 1.82. The molecule has 0 aliphatic rings. The summed E-state index contributed by atoms with van der Waals surface area (Å²) in [6.07, 6.45) is 5.14. The van der Waals surface area contributed by atoms with Gasteiger partial charge in [0.1, 0.15) is 0 Å². The van der Waals surface area contributed by atoms with Gasteiger partial charge >= 0.3 is 0 Å². The Balaban J connectivity index is 2.50. The zero-order valence-corrected chi connectivity index (χ0v) is 6.14. The smallest absolute Gasteiger partial charge is 0.0626 e. The first-order chi connectivity index (χ1) is 5.43. The van der Waals surface area contributed by atoms with Crippen molar-refractivity contribution in [1.29, 1.82) is 0 Å². The molecule has 0 bridgehead atoms. The van der Waals surface area contributed by atoms with E-state index in [-0.39, 0.29) is 6.61 Å². The molecule has 1 N–H and O–H groups in total. The Labute approximate surface area is 65.4 Å². The van der Waals surface area contributed by atoms with Gasteiger partial charge in [-0.05, 0) is 17.7 Å². The molecule has 0 fully saturated rings. The molecule has 0 radical (unpaired) electrons. The van der Waals surface area contributed by atoms with Crippen molar-refractivity contribution in [3.63, 3.8) is 0 Å². The van der Waals surface area contributed by atoms with E-state index >= 15 is 0 Å². The molecule has 11 heavy (non-hydrogen) atoms. The summed E-state index contributed by atoms with van der Waals surface area (Å²) in [6.45, 7) is 0.559. The van der Waals surface area contributed by atoms with Crippen molar-refractivity contribution >= 4 is 6.21 Å². The van der Waals surface area contributed by atoms with E-state index in [2.05, 4.69) is 9.98 Å². The third kappa shape index (κ3) is 2.91. The van der Waals surface area contributed by atoms with E-state index in [0.717, 1.165) is 5.56 Å². The van der Waals surface area contributed by atoms with Crippen LogP contribution in [-0.4, -0.2) is 29.5 Å². The van der Waals surface area contributed by atoms with Gasteiger partial charge in [0, 0.05) is 18.6 Å². The van der Waals surface area contributed by atoms with Gasteiger partial charge in [0.25, 0.3) is 0 Å². The minimum atomic E-state index is 0.0988. The Hall–Kier alpha value is -1.22. The highest BCUT2D eigenvalue weighted by molar-refractivity contribution is 5.79. The molecule has 1 aromatic rings. The topological polar surface area (TPSA) is 45.5 Å². The molecular weight excluding hydrogens is 140 g/mol. The minimum Gasteiger partial charge on any atom is -0.394 e. The molecule has 0 atom stereocenters. The fraction of sp³-hybridized carbons (Fsp3) is 0.250. The number of hydrogen-bond donors (Lipinski definition) is 1. The summed E-state index contributed by atoms with van der Waals surface area (Å²) in [5.41, 5.74) is 1.01. The molecule has 1 aromatic heterocycles. The summed E-state index contributed by atoms with van der Waals surface area (Å²) < 4.78 is 0. The molecule has 0 aliphatic carbocycles. The van der Waals surface area contributed by atoms with Gasteiger partial charge in [-0.2, -0.15) is 0 Å². The van der Waals surface area contributed by atoms with Crippen LogP contribution >= 0.6 is 0 Å². The average Bonchev–Trinajstić information content (AvgIpc) is 2.07. The lowest BCUT2D eigenvalue weighted by atomic mass is 10.3. The molecule has 0 unspecified atom stereocenters. The van der Waals surface area contributed by atoms with Gasteiger partial charge in [-0.1, -0.05) is 0 Å². The van der Waals surface area contributed by atoms with Crippen LogP contribution in [-0.2, 0) is 0 Å². The van der Waals surface area contributed by atoms with Gasteiger partial charge in [0.2, 0.25) is 0 Å². The van der Waals surface area contributed by atoms with E-state index in [0.29, 0.717) is 6.54 Å². The van der Waals surface area contributed by atoms with Crippen LogP contribution < -0.4 is 0 Å². The summed E-state index contributed by atoms with van der Waals surface area (Å²) in [5.74, 6) is 0. The molecule has 0 aliphatic heterocycles. The standard InChI is InChI=1S/C8H10N2O/c11-6-5-10-7-8-1-3-9-4-2-8/h1-4,7,11H,5-6H2. The second kappa shape index (κ2) is 4.57. The summed E-state index contributed by atoms with van der Waals surface area (Å²) in [7, 11) is 0. The number of aromatic nitrogens is 1. The van der Waals surface area contributed by atoms with Crippen LogP contribution in [0, 0.1) is 0 Å². The Bertz CT molecular complexity index is 221. The van der Waals surface area contributed by atoms with E-state index in [1.54, 1.807) is 18.6 Å². The van der Waals surface area contributed by atoms with Crippen molar-refractivity contribution in [2.75, 3.05) is 13.2 Å². The molecule has 1 rings (SSSR count). The predicted molar refractivity (Wildman–Crippen MR) is 43.8 cm³/mol. The summed E-state index contributed by atoms with van der Waals surface area (Å²) in [4.78, 5) is 7.82. The monoisotopic (exact) mass is 150 g/mol. The second-order valence-electron chi connectivity index (χ2n) is 2.04. The molecule has 3 heteroatoms. The molecule has 0 aromatic carbocycles. The van der Waals surface area contributed by atoms with Gasteiger partial charge < -0.3 is 5.11 Å². The molecule has 0 amide bonds. The lowest BCUT2D eigenvalue weighted by Gasteiger charge is -1.89. The Morgan fingerprint density at radius 2 is 2.18 bits per heavy atom. The molecule has 1 heterocycles. The molecule has 3 nitrogen and oxygen atoms in total. The maximum Gasteiger partial charge on any atom is 0.0626 e. The van der Waals surface area contributed by atoms with Gasteiger partial charge in [0.15, 0.2) is 0 Å². The summed E-state index contributed by atoms with van der Waals surface area (Å²) >= 11 is 0.